The molecule has 4 rings (SSSR count). The first-order chi connectivity index (χ1) is 17.3. The van der Waals surface area contributed by atoms with Gasteiger partial charge in [-0.25, -0.2) is 18.4 Å². The third kappa shape index (κ3) is 5.36. The van der Waals surface area contributed by atoms with Crippen LogP contribution in [-0.4, -0.2) is 65.3 Å². The van der Waals surface area contributed by atoms with E-state index >= 15 is 0 Å². The Labute approximate surface area is 215 Å². The van der Waals surface area contributed by atoms with Crippen molar-refractivity contribution in [2.24, 2.45) is 0 Å². The molecule has 0 aliphatic carbocycles. The molecule has 0 saturated heterocycles. The molecule has 15 heteroatoms. The Morgan fingerprint density at radius 3 is 2.39 bits per heavy atom. The van der Waals surface area contributed by atoms with Crippen molar-refractivity contribution in [2.45, 2.75) is 6.10 Å². The lowest BCUT2D eigenvalue weighted by atomic mass is 10.2. The van der Waals surface area contributed by atoms with E-state index in [0.717, 1.165) is 11.3 Å². The standard InChI is InChI=1S/C21H21ClN6O6S2/c1-32-14-7-5-8-15(33-2)18(14)28-19(12-6-4-9-17(24-12)34-3)25-26-21(28)27-36(30,31)11-13(29)20-23-10-16(22)35-20/h4-10,13,29H,11H2,1-3H3,(H,26,27)/t13-/m0/s1. The number of aromatic nitrogens is 5. The van der Waals surface area contributed by atoms with Gasteiger partial charge >= 0.3 is 0 Å². The SMILES string of the molecule is COc1cccc(-c2nnc(NS(=O)(=O)C[C@H](O)c3ncc(Cl)s3)n2-c2c(OC)cccc2OC)n1. The monoisotopic (exact) mass is 552 g/mol. The van der Waals surface area contributed by atoms with Crippen LogP contribution in [0.2, 0.25) is 4.34 Å². The highest BCUT2D eigenvalue weighted by Crippen LogP contribution is 2.37. The van der Waals surface area contributed by atoms with Gasteiger partial charge in [0.2, 0.25) is 21.9 Å². The molecule has 1 atom stereocenters. The maximum atomic E-state index is 13.0. The number of hydrogen-bond donors (Lipinski definition) is 2. The van der Waals surface area contributed by atoms with Crippen molar-refractivity contribution in [1.29, 1.82) is 0 Å². The van der Waals surface area contributed by atoms with Crippen LogP contribution in [0.5, 0.6) is 17.4 Å². The van der Waals surface area contributed by atoms with Crippen LogP contribution in [0.15, 0.2) is 42.6 Å². The van der Waals surface area contributed by atoms with Crippen LogP contribution in [0.3, 0.4) is 0 Å². The summed E-state index contributed by atoms with van der Waals surface area (Å²) in [7, 11) is 0.250. The third-order valence-corrected chi connectivity index (χ3v) is 7.32. The molecule has 36 heavy (non-hydrogen) atoms. The Balaban J connectivity index is 1.82. The van der Waals surface area contributed by atoms with E-state index in [4.69, 9.17) is 25.8 Å². The smallest absolute Gasteiger partial charge is 0.243 e. The zero-order valence-electron chi connectivity index (χ0n) is 19.2. The van der Waals surface area contributed by atoms with Crippen LogP contribution in [0.1, 0.15) is 11.1 Å². The van der Waals surface area contributed by atoms with Gasteiger partial charge in [0.15, 0.2) is 5.82 Å². The van der Waals surface area contributed by atoms with Crippen LogP contribution in [0.25, 0.3) is 17.2 Å². The van der Waals surface area contributed by atoms with Crippen LogP contribution in [-0.2, 0) is 10.0 Å². The van der Waals surface area contributed by atoms with E-state index in [1.54, 1.807) is 36.4 Å². The molecule has 1 aromatic carbocycles. The number of halogens is 1. The number of para-hydroxylation sites is 1. The molecule has 0 aliphatic rings. The van der Waals surface area contributed by atoms with Gasteiger partial charge in [-0.3, -0.25) is 9.29 Å². The Bertz CT molecular complexity index is 1450. The highest BCUT2D eigenvalue weighted by atomic mass is 35.5. The summed E-state index contributed by atoms with van der Waals surface area (Å²) in [5, 5.41) is 18.8. The minimum absolute atomic E-state index is 0.166. The van der Waals surface area contributed by atoms with Crippen molar-refractivity contribution in [3.8, 4) is 34.6 Å². The van der Waals surface area contributed by atoms with Crippen LogP contribution in [0, 0.1) is 0 Å². The third-order valence-electron chi connectivity index (χ3n) is 4.85. The average molecular weight is 553 g/mol. The van der Waals surface area contributed by atoms with Crippen molar-refractivity contribution < 1.29 is 27.7 Å². The number of pyridine rings is 1. The van der Waals surface area contributed by atoms with Crippen molar-refractivity contribution in [3.05, 3.63) is 51.9 Å². The first-order valence-electron chi connectivity index (χ1n) is 10.2. The Kier molecular flexibility index (Phi) is 7.59. The molecule has 0 radical (unpaired) electrons. The predicted octanol–water partition coefficient (Wildman–Crippen LogP) is 2.94. The molecule has 0 amide bonds. The number of anilines is 1. The Morgan fingerprint density at radius 1 is 1.08 bits per heavy atom. The van der Waals surface area contributed by atoms with E-state index in [1.807, 2.05) is 0 Å². The number of thiazole rings is 1. The Morgan fingerprint density at radius 2 is 1.78 bits per heavy atom. The van der Waals surface area contributed by atoms with E-state index in [1.165, 1.54) is 32.1 Å². The molecule has 12 nitrogen and oxygen atoms in total. The first-order valence-corrected chi connectivity index (χ1v) is 13.1. The largest absolute Gasteiger partial charge is 0.494 e. The van der Waals surface area contributed by atoms with Crippen molar-refractivity contribution in [1.82, 2.24) is 24.7 Å². The van der Waals surface area contributed by atoms with E-state index in [2.05, 4.69) is 24.9 Å². The predicted molar refractivity (Wildman–Crippen MR) is 134 cm³/mol. The number of aliphatic hydroxyl groups excluding tert-OH is 1. The summed E-state index contributed by atoms with van der Waals surface area (Å²) in [6, 6.07) is 10.1. The van der Waals surface area contributed by atoms with Gasteiger partial charge in [0.05, 0.1) is 27.5 Å². The zero-order chi connectivity index (χ0) is 25.9. The highest BCUT2D eigenvalue weighted by Gasteiger charge is 2.28. The number of nitrogens with one attached hydrogen (secondary N) is 1. The van der Waals surface area contributed by atoms with E-state index < -0.39 is 21.9 Å². The number of benzene rings is 1. The number of methoxy groups -OCH3 is 3. The molecule has 190 valence electrons. The topological polar surface area (TPSA) is 151 Å². The molecule has 0 saturated carbocycles. The summed E-state index contributed by atoms with van der Waals surface area (Å²) >= 11 is 6.84. The van der Waals surface area contributed by atoms with Gasteiger partial charge in [-0.2, -0.15) is 0 Å². The quantitative estimate of drug-likeness (QED) is 0.300. The van der Waals surface area contributed by atoms with Crippen LogP contribution < -0.4 is 18.9 Å². The first kappa shape index (κ1) is 25.6. The van der Waals surface area contributed by atoms with Gasteiger partial charge in [-0.05, 0) is 18.2 Å². The maximum absolute atomic E-state index is 13.0. The second kappa shape index (κ2) is 10.7. The second-order valence-corrected chi connectivity index (χ2v) is 10.6. The summed E-state index contributed by atoms with van der Waals surface area (Å²) in [6.07, 6.45) is -0.0697. The van der Waals surface area contributed by atoms with Gasteiger partial charge in [0, 0.05) is 6.07 Å². The van der Waals surface area contributed by atoms with Crippen LogP contribution >= 0.6 is 22.9 Å². The van der Waals surface area contributed by atoms with Gasteiger partial charge in [0.25, 0.3) is 0 Å². The average Bonchev–Trinajstić information content (AvgIpc) is 3.49. The van der Waals surface area contributed by atoms with Gasteiger partial charge in [-0.15, -0.1) is 21.5 Å². The Hall–Kier alpha value is -3.46. The van der Waals surface area contributed by atoms with Gasteiger partial charge in [-0.1, -0.05) is 23.7 Å². The van der Waals surface area contributed by atoms with Crippen molar-refractivity contribution in [3.63, 3.8) is 0 Å². The molecule has 0 unspecified atom stereocenters. The van der Waals surface area contributed by atoms with E-state index in [9.17, 15) is 13.5 Å². The van der Waals surface area contributed by atoms with Crippen LogP contribution in [0.4, 0.5) is 5.95 Å². The number of rotatable bonds is 10. The molecule has 0 aliphatic heterocycles. The molecule has 3 heterocycles. The summed E-state index contributed by atoms with van der Waals surface area (Å²) in [5.74, 6) is 0.344. The lowest BCUT2D eigenvalue weighted by Crippen LogP contribution is -2.23. The summed E-state index contributed by atoms with van der Waals surface area (Å²) in [6.45, 7) is 0. The van der Waals surface area contributed by atoms with E-state index in [-0.39, 0.29) is 16.8 Å². The molecule has 0 bridgehead atoms. The molecular formula is C21H21ClN6O6S2. The molecule has 0 fully saturated rings. The minimum atomic E-state index is -4.15. The van der Waals surface area contributed by atoms with Crippen molar-refractivity contribution >= 4 is 38.9 Å². The normalized spacial score (nSPS) is 12.2. The zero-order valence-corrected chi connectivity index (χ0v) is 21.6. The number of sulfonamides is 1. The van der Waals surface area contributed by atoms with Gasteiger partial charge in [0.1, 0.15) is 44.1 Å². The number of ether oxygens (including phenoxy) is 3. The molecular weight excluding hydrogens is 532 g/mol. The van der Waals surface area contributed by atoms with Gasteiger partial charge < -0.3 is 19.3 Å². The lowest BCUT2D eigenvalue weighted by molar-refractivity contribution is 0.201. The fraction of sp³-hybridized carbons (Fsp3) is 0.238. The molecule has 3 aromatic heterocycles. The van der Waals surface area contributed by atoms with Crippen molar-refractivity contribution in [2.75, 3.05) is 31.8 Å². The number of aliphatic hydroxyl groups is 1. The molecule has 4 aromatic rings. The maximum Gasteiger partial charge on any atom is 0.243 e. The fourth-order valence-corrected chi connectivity index (χ4v) is 5.40. The summed E-state index contributed by atoms with van der Waals surface area (Å²) in [4.78, 5) is 8.33. The number of hydrogen-bond acceptors (Lipinski definition) is 11. The minimum Gasteiger partial charge on any atom is -0.494 e. The summed E-state index contributed by atoms with van der Waals surface area (Å²) in [5.41, 5.74) is 0.676. The molecule has 0 spiro atoms. The second-order valence-electron chi connectivity index (χ2n) is 7.16. The fourth-order valence-electron chi connectivity index (χ4n) is 3.31. The molecule has 2 N–H and O–H groups in total. The summed E-state index contributed by atoms with van der Waals surface area (Å²) < 4.78 is 46.4. The lowest BCUT2D eigenvalue weighted by Gasteiger charge is -2.18. The van der Waals surface area contributed by atoms with E-state index in [0.29, 0.717) is 33.1 Å². The highest BCUT2D eigenvalue weighted by molar-refractivity contribution is 7.92. The number of nitrogens with zero attached hydrogens (tertiary/aromatic N) is 5.